The van der Waals surface area contributed by atoms with E-state index in [0.29, 0.717) is 23.2 Å². The van der Waals surface area contributed by atoms with Gasteiger partial charge < -0.3 is 9.64 Å². The van der Waals surface area contributed by atoms with Gasteiger partial charge >= 0.3 is 6.18 Å². The second-order valence-corrected chi connectivity index (χ2v) is 7.28. The van der Waals surface area contributed by atoms with Crippen molar-refractivity contribution >= 4 is 11.6 Å². The number of aromatic amines is 1. The zero-order chi connectivity index (χ0) is 20.4. The monoisotopic (exact) mass is 403 g/mol. The molecule has 0 saturated carbocycles. The van der Waals surface area contributed by atoms with Gasteiger partial charge in [0.2, 0.25) is 0 Å². The third kappa shape index (κ3) is 4.96. The van der Waals surface area contributed by atoms with Crippen LogP contribution in [0.4, 0.5) is 13.2 Å². The van der Waals surface area contributed by atoms with Crippen molar-refractivity contribution in [3.63, 3.8) is 0 Å². The molecule has 0 radical (unpaired) electrons. The Balaban J connectivity index is 2.60. The predicted molar refractivity (Wildman–Crippen MR) is 101 cm³/mol. The number of alkyl halides is 3. The number of hydrogen-bond acceptors (Lipinski definition) is 3. The number of halogens is 4. The largest absolute Gasteiger partial charge is 0.489 e. The molecule has 0 aliphatic carbocycles. The number of nitrogens with zero attached hydrogens (tertiary/aromatic N) is 2. The van der Waals surface area contributed by atoms with Crippen molar-refractivity contribution in [1.82, 2.24) is 15.1 Å². The van der Waals surface area contributed by atoms with E-state index in [2.05, 4.69) is 22.0 Å². The maximum atomic E-state index is 13.7. The van der Waals surface area contributed by atoms with Gasteiger partial charge in [0.1, 0.15) is 0 Å². The maximum Gasteiger partial charge on any atom is 0.420 e. The fraction of sp³-hybridized carbons (Fsp3) is 0.526. The van der Waals surface area contributed by atoms with Gasteiger partial charge in [0, 0.05) is 12.1 Å². The summed E-state index contributed by atoms with van der Waals surface area (Å²) >= 11 is 6.31. The molecule has 0 fully saturated rings. The number of nitrogens with one attached hydrogen (secondary N) is 1. The molecule has 1 aromatic heterocycles. The van der Waals surface area contributed by atoms with Gasteiger partial charge in [-0.3, -0.25) is 5.10 Å². The lowest BCUT2D eigenvalue weighted by molar-refractivity contribution is -0.139. The number of benzene rings is 1. The van der Waals surface area contributed by atoms with Gasteiger partial charge in [-0.15, -0.1) is 0 Å². The first-order valence-corrected chi connectivity index (χ1v) is 9.22. The van der Waals surface area contributed by atoms with Crippen molar-refractivity contribution in [2.75, 3.05) is 13.6 Å². The molecule has 0 amide bonds. The lowest BCUT2D eigenvalue weighted by Gasteiger charge is -2.21. The Morgan fingerprint density at radius 3 is 2.52 bits per heavy atom. The van der Waals surface area contributed by atoms with E-state index in [9.17, 15) is 13.2 Å². The van der Waals surface area contributed by atoms with E-state index in [1.807, 2.05) is 7.05 Å². The molecule has 0 aliphatic heterocycles. The molecule has 2 rings (SSSR count). The van der Waals surface area contributed by atoms with Crippen molar-refractivity contribution in [3.8, 4) is 16.9 Å². The molecular weight excluding hydrogens is 379 g/mol. The van der Waals surface area contributed by atoms with Crippen LogP contribution in [0.2, 0.25) is 5.02 Å². The summed E-state index contributed by atoms with van der Waals surface area (Å²) in [6.07, 6.45) is -2.50. The molecule has 8 heteroatoms. The van der Waals surface area contributed by atoms with Crippen molar-refractivity contribution in [3.05, 3.63) is 34.1 Å². The Morgan fingerprint density at radius 1 is 1.30 bits per heavy atom. The van der Waals surface area contributed by atoms with Crippen LogP contribution in [0.1, 0.15) is 44.0 Å². The highest BCUT2D eigenvalue weighted by molar-refractivity contribution is 6.33. The number of rotatable bonds is 7. The molecule has 0 spiro atoms. The lowest BCUT2D eigenvalue weighted by Crippen LogP contribution is -2.19. The molecule has 0 atom stereocenters. The summed E-state index contributed by atoms with van der Waals surface area (Å²) in [6, 6.07) is 1.10. The minimum absolute atomic E-state index is 0.0254. The lowest BCUT2D eigenvalue weighted by atomic mass is 9.97. The van der Waals surface area contributed by atoms with Crippen LogP contribution in [0.15, 0.2) is 12.3 Å². The molecule has 0 unspecified atom stereocenters. The Kier molecular flexibility index (Phi) is 6.81. The highest BCUT2D eigenvalue weighted by Gasteiger charge is 2.37. The smallest absolute Gasteiger partial charge is 0.420 e. The molecule has 1 aromatic carbocycles. The predicted octanol–water partition coefficient (Wildman–Crippen LogP) is 5.69. The van der Waals surface area contributed by atoms with E-state index in [4.69, 9.17) is 16.3 Å². The van der Waals surface area contributed by atoms with Crippen molar-refractivity contribution in [2.45, 2.75) is 52.9 Å². The van der Waals surface area contributed by atoms with Crippen LogP contribution in [0.3, 0.4) is 0 Å². The Morgan fingerprint density at radius 2 is 1.96 bits per heavy atom. The summed E-state index contributed by atoms with van der Waals surface area (Å²) in [6.45, 7) is 8.50. The van der Waals surface area contributed by atoms with Gasteiger partial charge in [0.25, 0.3) is 0 Å². The molecule has 0 bridgehead atoms. The van der Waals surface area contributed by atoms with E-state index in [1.54, 1.807) is 20.8 Å². The second kappa shape index (κ2) is 8.52. The average molecular weight is 404 g/mol. The molecule has 0 aliphatic rings. The van der Waals surface area contributed by atoms with E-state index >= 15 is 0 Å². The van der Waals surface area contributed by atoms with Gasteiger partial charge in [-0.2, -0.15) is 18.3 Å². The third-order valence-electron chi connectivity index (χ3n) is 4.17. The Bertz CT molecular complexity index is 787. The molecular formula is C19H25ClF3N3O. The Hall–Kier alpha value is -1.73. The maximum absolute atomic E-state index is 13.7. The highest BCUT2D eigenvalue weighted by atomic mass is 35.5. The quantitative estimate of drug-likeness (QED) is 0.646. The van der Waals surface area contributed by atoms with E-state index < -0.39 is 17.8 Å². The first-order chi connectivity index (χ1) is 12.6. The SMILES string of the molecule is CCCN(C)Cc1[nH]ncc1-c1cc(C(F)(F)F)c(OC(C)C)c(Cl)c1C. The second-order valence-electron chi connectivity index (χ2n) is 6.90. The summed E-state index contributed by atoms with van der Waals surface area (Å²) in [5.41, 5.74) is 1.41. The zero-order valence-corrected chi connectivity index (χ0v) is 16.9. The van der Waals surface area contributed by atoms with Crippen LogP contribution < -0.4 is 4.74 Å². The standard InChI is InChI=1S/C19H25ClF3N3O/c1-6-7-26(5)10-16-14(9-24-25-16)13-8-15(19(21,22)23)18(27-11(2)3)17(20)12(13)4/h8-9,11H,6-7,10H2,1-5H3,(H,24,25). The first kappa shape index (κ1) is 21.6. The zero-order valence-electron chi connectivity index (χ0n) is 16.2. The topological polar surface area (TPSA) is 41.2 Å². The van der Waals surface area contributed by atoms with Crippen LogP contribution in [-0.4, -0.2) is 34.8 Å². The molecule has 150 valence electrons. The number of aromatic nitrogens is 2. The van der Waals surface area contributed by atoms with Crippen LogP contribution in [0.5, 0.6) is 5.75 Å². The normalized spacial score (nSPS) is 12.3. The molecule has 1 heterocycles. The van der Waals surface area contributed by atoms with E-state index in [1.165, 1.54) is 6.20 Å². The molecule has 0 saturated heterocycles. The fourth-order valence-corrected chi connectivity index (χ4v) is 3.21. The minimum atomic E-state index is -4.58. The number of hydrogen-bond donors (Lipinski definition) is 1. The summed E-state index contributed by atoms with van der Waals surface area (Å²) < 4.78 is 46.4. The van der Waals surface area contributed by atoms with Crippen molar-refractivity contribution in [2.24, 2.45) is 0 Å². The summed E-state index contributed by atoms with van der Waals surface area (Å²) in [4.78, 5) is 2.08. The minimum Gasteiger partial charge on any atom is -0.489 e. The Labute approximate surface area is 162 Å². The first-order valence-electron chi connectivity index (χ1n) is 8.84. The van der Waals surface area contributed by atoms with E-state index in [0.717, 1.165) is 24.7 Å². The third-order valence-corrected chi connectivity index (χ3v) is 4.62. The van der Waals surface area contributed by atoms with Gasteiger partial charge in [0.05, 0.1) is 28.6 Å². The van der Waals surface area contributed by atoms with Crippen LogP contribution in [0, 0.1) is 6.92 Å². The summed E-state index contributed by atoms with van der Waals surface area (Å²) in [5, 5.41) is 6.91. The van der Waals surface area contributed by atoms with Gasteiger partial charge in [-0.25, -0.2) is 0 Å². The summed E-state index contributed by atoms with van der Waals surface area (Å²) in [7, 11) is 1.95. The molecule has 27 heavy (non-hydrogen) atoms. The number of ether oxygens (including phenoxy) is 1. The number of H-pyrrole nitrogens is 1. The molecule has 4 nitrogen and oxygen atoms in total. The van der Waals surface area contributed by atoms with Crippen molar-refractivity contribution < 1.29 is 17.9 Å². The van der Waals surface area contributed by atoms with E-state index in [-0.39, 0.29) is 10.8 Å². The van der Waals surface area contributed by atoms with Crippen LogP contribution in [0.25, 0.3) is 11.1 Å². The van der Waals surface area contributed by atoms with Crippen LogP contribution >= 0.6 is 11.6 Å². The molecule has 2 aromatic rings. The highest BCUT2D eigenvalue weighted by Crippen LogP contribution is 2.46. The fourth-order valence-electron chi connectivity index (χ4n) is 2.96. The van der Waals surface area contributed by atoms with Gasteiger partial charge in [0.15, 0.2) is 5.75 Å². The van der Waals surface area contributed by atoms with Gasteiger partial charge in [-0.05, 0) is 58.0 Å². The van der Waals surface area contributed by atoms with Gasteiger partial charge in [-0.1, -0.05) is 18.5 Å². The van der Waals surface area contributed by atoms with Crippen LogP contribution in [-0.2, 0) is 12.7 Å². The summed E-state index contributed by atoms with van der Waals surface area (Å²) in [5.74, 6) is -0.325. The average Bonchev–Trinajstić information content (AvgIpc) is 2.98. The molecule has 1 N–H and O–H groups in total. The van der Waals surface area contributed by atoms with Crippen molar-refractivity contribution in [1.29, 1.82) is 0 Å².